The molecule has 1 amide bonds. The van der Waals surface area contributed by atoms with Crippen molar-refractivity contribution >= 4 is 11.9 Å². The van der Waals surface area contributed by atoms with Gasteiger partial charge in [0.05, 0.1) is 6.04 Å². The van der Waals surface area contributed by atoms with E-state index in [0.717, 1.165) is 6.54 Å². The number of hydrogen-bond acceptors (Lipinski definition) is 4. The van der Waals surface area contributed by atoms with Crippen LogP contribution < -0.4 is 5.73 Å². The lowest BCUT2D eigenvalue weighted by molar-refractivity contribution is -0.150. The largest absolute Gasteiger partial charge is 0.480 e. The molecular weight excluding hydrogens is 258 g/mol. The van der Waals surface area contributed by atoms with Gasteiger partial charge in [-0.25, -0.2) is 4.79 Å². The Balaban J connectivity index is 2.06. The summed E-state index contributed by atoms with van der Waals surface area (Å²) < 4.78 is 0. The summed E-state index contributed by atoms with van der Waals surface area (Å²) in [6.45, 7) is 7.93. The van der Waals surface area contributed by atoms with Crippen molar-refractivity contribution in [3.8, 4) is 0 Å². The van der Waals surface area contributed by atoms with Crippen molar-refractivity contribution in [2.24, 2.45) is 23.0 Å². The Kier molecular flexibility index (Phi) is 3.81. The number of hydrogen-bond donors (Lipinski definition) is 2. The number of amides is 1. The Morgan fingerprint density at radius 3 is 2.60 bits per heavy atom. The molecule has 0 bridgehead atoms. The summed E-state index contributed by atoms with van der Waals surface area (Å²) in [4.78, 5) is 27.3. The molecule has 1 heterocycles. The fourth-order valence-corrected chi connectivity index (χ4v) is 3.55. The van der Waals surface area contributed by atoms with Crippen LogP contribution in [-0.4, -0.2) is 65.5 Å². The number of likely N-dealkylation sites (N-methyl/N-ethyl adjacent to an activating group) is 1. The highest BCUT2D eigenvalue weighted by atomic mass is 16.4. The standard InChI is InChI=1S/C14H25N3O3/c1-5-16(4)7-9(15)12(18)17-6-8-10(14(8,2)3)11(17)13(19)20/h8-11H,5-7,15H2,1-4H3,(H,19,20)/t8-,9?,10-,11-/m0/s1. The van der Waals surface area contributed by atoms with Crippen LogP contribution in [0.1, 0.15) is 20.8 Å². The number of carbonyl (C=O) groups excluding carboxylic acids is 1. The zero-order valence-electron chi connectivity index (χ0n) is 12.7. The van der Waals surface area contributed by atoms with Crippen molar-refractivity contribution in [1.29, 1.82) is 0 Å². The Hall–Kier alpha value is -1.14. The van der Waals surface area contributed by atoms with Gasteiger partial charge in [-0.15, -0.1) is 0 Å². The van der Waals surface area contributed by atoms with Crippen LogP contribution in [0, 0.1) is 17.3 Å². The number of likely N-dealkylation sites (tertiary alicyclic amines) is 1. The molecule has 1 aliphatic heterocycles. The molecule has 0 aromatic heterocycles. The van der Waals surface area contributed by atoms with Crippen LogP contribution in [0.2, 0.25) is 0 Å². The first-order chi connectivity index (χ1) is 9.21. The molecule has 1 saturated carbocycles. The number of carboxylic acid groups (broad SMARTS) is 1. The van der Waals surface area contributed by atoms with Crippen molar-refractivity contribution in [2.75, 3.05) is 26.7 Å². The van der Waals surface area contributed by atoms with E-state index in [1.165, 1.54) is 4.90 Å². The maximum atomic E-state index is 12.4. The van der Waals surface area contributed by atoms with E-state index in [2.05, 4.69) is 13.8 Å². The maximum absolute atomic E-state index is 12.4. The molecule has 0 aromatic rings. The highest BCUT2D eigenvalue weighted by Crippen LogP contribution is 2.64. The average molecular weight is 283 g/mol. The topological polar surface area (TPSA) is 86.9 Å². The van der Waals surface area contributed by atoms with Gasteiger partial charge in [0.1, 0.15) is 6.04 Å². The van der Waals surface area contributed by atoms with Gasteiger partial charge >= 0.3 is 5.97 Å². The summed E-state index contributed by atoms with van der Waals surface area (Å²) in [5.74, 6) is -0.781. The summed E-state index contributed by atoms with van der Waals surface area (Å²) in [6, 6.07) is -1.36. The lowest BCUT2D eigenvalue weighted by Crippen LogP contribution is -2.54. The highest BCUT2D eigenvalue weighted by molar-refractivity contribution is 5.88. The molecule has 114 valence electrons. The molecule has 2 fully saturated rings. The van der Waals surface area contributed by atoms with Crippen molar-refractivity contribution in [3.63, 3.8) is 0 Å². The minimum absolute atomic E-state index is 0.0319. The van der Waals surface area contributed by atoms with Gasteiger partial charge in [-0.1, -0.05) is 20.8 Å². The number of fused-ring (bicyclic) bond motifs is 1. The number of nitrogens with two attached hydrogens (primary N) is 1. The summed E-state index contributed by atoms with van der Waals surface area (Å²) in [5, 5.41) is 9.43. The fourth-order valence-electron chi connectivity index (χ4n) is 3.55. The van der Waals surface area contributed by atoms with Crippen LogP contribution in [0.3, 0.4) is 0 Å². The first-order valence-electron chi connectivity index (χ1n) is 7.19. The molecule has 1 unspecified atom stereocenters. The number of aliphatic carboxylic acids is 1. The zero-order chi connectivity index (χ0) is 15.2. The summed E-state index contributed by atoms with van der Waals surface area (Å²) in [6.07, 6.45) is 0. The molecule has 1 aliphatic carbocycles. The molecule has 4 atom stereocenters. The lowest BCUT2D eigenvalue weighted by Gasteiger charge is -2.31. The molecule has 1 saturated heterocycles. The SMILES string of the molecule is CCN(C)CC(N)C(=O)N1C[C@H]2[C@@H]([C@H]1C(=O)O)C2(C)C. The van der Waals surface area contributed by atoms with Gasteiger partial charge in [0.25, 0.3) is 0 Å². The number of carboxylic acids is 1. The number of rotatable bonds is 5. The third-order valence-corrected chi connectivity index (χ3v) is 5.11. The van der Waals surface area contributed by atoms with Crippen molar-refractivity contribution in [2.45, 2.75) is 32.9 Å². The van der Waals surface area contributed by atoms with Crippen molar-refractivity contribution in [1.82, 2.24) is 9.80 Å². The monoisotopic (exact) mass is 283 g/mol. The van der Waals surface area contributed by atoms with Crippen LogP contribution in [0.15, 0.2) is 0 Å². The van der Waals surface area contributed by atoms with E-state index in [4.69, 9.17) is 5.73 Å². The second-order valence-electron chi connectivity index (χ2n) is 6.69. The first-order valence-corrected chi connectivity index (χ1v) is 7.19. The molecule has 0 radical (unpaired) electrons. The summed E-state index contributed by atoms with van der Waals surface area (Å²) in [5.41, 5.74) is 5.97. The molecule has 3 N–H and O–H groups in total. The van der Waals surface area contributed by atoms with Crippen LogP contribution in [-0.2, 0) is 9.59 Å². The molecule has 0 spiro atoms. The van der Waals surface area contributed by atoms with E-state index in [9.17, 15) is 14.7 Å². The van der Waals surface area contributed by atoms with Crippen LogP contribution >= 0.6 is 0 Å². The molecule has 2 aliphatic rings. The van der Waals surface area contributed by atoms with Crippen molar-refractivity contribution in [3.05, 3.63) is 0 Å². The second kappa shape index (κ2) is 5.00. The normalized spacial score (nSPS) is 32.1. The van der Waals surface area contributed by atoms with Crippen molar-refractivity contribution < 1.29 is 14.7 Å². The Labute approximate surface area is 119 Å². The first kappa shape index (κ1) is 15.3. The predicted molar refractivity (Wildman–Crippen MR) is 75.0 cm³/mol. The predicted octanol–water partition coefficient (Wildman–Crippen LogP) is -0.167. The molecule has 0 aromatic carbocycles. The molecular formula is C14H25N3O3. The van der Waals surface area contributed by atoms with E-state index in [1.807, 2.05) is 18.9 Å². The van der Waals surface area contributed by atoms with Crippen LogP contribution in [0.25, 0.3) is 0 Å². The fraction of sp³-hybridized carbons (Fsp3) is 0.857. The zero-order valence-corrected chi connectivity index (χ0v) is 12.7. The van der Waals surface area contributed by atoms with Gasteiger partial charge in [-0.3, -0.25) is 4.79 Å². The van der Waals surface area contributed by atoms with E-state index in [1.54, 1.807) is 0 Å². The number of piperidine rings is 1. The minimum Gasteiger partial charge on any atom is -0.480 e. The highest BCUT2D eigenvalue weighted by Gasteiger charge is 2.69. The molecule has 6 nitrogen and oxygen atoms in total. The molecule has 2 rings (SSSR count). The quantitative estimate of drug-likeness (QED) is 0.732. The van der Waals surface area contributed by atoms with E-state index in [0.29, 0.717) is 19.0 Å². The van der Waals surface area contributed by atoms with Gasteiger partial charge in [-0.05, 0) is 24.9 Å². The lowest BCUT2D eigenvalue weighted by atomic mass is 10.0. The van der Waals surface area contributed by atoms with E-state index >= 15 is 0 Å². The average Bonchev–Trinajstić information content (AvgIpc) is 2.78. The van der Waals surface area contributed by atoms with Gasteiger partial charge < -0.3 is 20.6 Å². The summed E-state index contributed by atoms with van der Waals surface area (Å²) >= 11 is 0. The smallest absolute Gasteiger partial charge is 0.326 e. The van der Waals surface area contributed by atoms with Crippen LogP contribution in [0.5, 0.6) is 0 Å². The van der Waals surface area contributed by atoms with E-state index in [-0.39, 0.29) is 17.2 Å². The maximum Gasteiger partial charge on any atom is 0.326 e. The third-order valence-electron chi connectivity index (χ3n) is 5.11. The Morgan fingerprint density at radius 2 is 2.10 bits per heavy atom. The molecule has 20 heavy (non-hydrogen) atoms. The van der Waals surface area contributed by atoms with Crippen LogP contribution in [0.4, 0.5) is 0 Å². The summed E-state index contributed by atoms with van der Waals surface area (Å²) in [7, 11) is 1.90. The minimum atomic E-state index is -0.910. The Bertz CT molecular complexity index is 424. The van der Waals surface area contributed by atoms with E-state index < -0.39 is 18.1 Å². The number of nitrogens with zero attached hydrogens (tertiary/aromatic N) is 2. The second-order valence-corrected chi connectivity index (χ2v) is 6.69. The number of carbonyl (C=O) groups is 2. The third kappa shape index (κ3) is 2.31. The van der Waals surface area contributed by atoms with Gasteiger partial charge in [0.2, 0.25) is 5.91 Å². The van der Waals surface area contributed by atoms with Gasteiger partial charge in [0.15, 0.2) is 0 Å². The molecule has 6 heteroatoms. The van der Waals surface area contributed by atoms with Gasteiger partial charge in [0, 0.05) is 19.0 Å². The van der Waals surface area contributed by atoms with Gasteiger partial charge in [-0.2, -0.15) is 0 Å². The Morgan fingerprint density at radius 1 is 1.50 bits per heavy atom.